The molecule has 0 saturated heterocycles. The van der Waals surface area contributed by atoms with Gasteiger partial charge >= 0.3 is 5.69 Å². The first-order chi connectivity index (χ1) is 18.4. The Labute approximate surface area is 218 Å². The number of hydrogen-bond acceptors (Lipinski definition) is 7. The molecule has 0 aliphatic carbocycles. The van der Waals surface area contributed by atoms with E-state index in [1.54, 1.807) is 68.8 Å². The van der Waals surface area contributed by atoms with E-state index in [1.165, 1.54) is 18.8 Å². The molecule has 0 unspecified atom stereocenters. The summed E-state index contributed by atoms with van der Waals surface area (Å²) < 4.78 is 23.6. The highest BCUT2D eigenvalue weighted by Gasteiger charge is 2.17. The average Bonchev–Trinajstić information content (AvgIpc) is 2.95. The van der Waals surface area contributed by atoms with Gasteiger partial charge in [-0.2, -0.15) is 0 Å². The summed E-state index contributed by atoms with van der Waals surface area (Å²) in [6.07, 6.45) is 0.392. The molecule has 3 aromatic carbocycles. The van der Waals surface area contributed by atoms with Gasteiger partial charge in [0.25, 0.3) is 5.56 Å². The Morgan fingerprint density at radius 1 is 0.789 bits per heavy atom. The maximum absolute atomic E-state index is 13.5. The smallest absolute Gasteiger partial charge is 0.331 e. The van der Waals surface area contributed by atoms with E-state index in [0.717, 1.165) is 10.1 Å². The lowest BCUT2D eigenvalue weighted by Gasteiger charge is -2.15. The van der Waals surface area contributed by atoms with E-state index < -0.39 is 17.2 Å². The normalized spacial score (nSPS) is 10.7. The summed E-state index contributed by atoms with van der Waals surface area (Å²) in [7, 11) is 6.11. The lowest BCUT2D eigenvalue weighted by Crippen LogP contribution is -2.42. The van der Waals surface area contributed by atoms with E-state index >= 15 is 0 Å². The van der Waals surface area contributed by atoms with Crippen LogP contribution in [0.5, 0.6) is 23.0 Å². The molecule has 10 nitrogen and oxygen atoms in total. The number of hydrogen-bond donors (Lipinski definition) is 1. The van der Waals surface area contributed by atoms with Gasteiger partial charge in [-0.25, -0.2) is 4.79 Å². The van der Waals surface area contributed by atoms with Gasteiger partial charge in [-0.15, -0.1) is 0 Å². The van der Waals surface area contributed by atoms with Crippen molar-refractivity contribution in [3.63, 3.8) is 0 Å². The third-order valence-corrected chi connectivity index (χ3v) is 6.19. The number of benzene rings is 3. The Kier molecular flexibility index (Phi) is 8.00. The first-order valence-corrected chi connectivity index (χ1v) is 11.8. The molecule has 0 spiro atoms. The summed E-state index contributed by atoms with van der Waals surface area (Å²) >= 11 is 0. The number of aromatic nitrogens is 2. The number of anilines is 1. The second-order valence-corrected chi connectivity index (χ2v) is 8.40. The highest BCUT2D eigenvalue weighted by Crippen LogP contribution is 2.29. The van der Waals surface area contributed by atoms with Gasteiger partial charge in [-0.1, -0.05) is 18.2 Å². The third-order valence-electron chi connectivity index (χ3n) is 6.19. The van der Waals surface area contributed by atoms with Crippen molar-refractivity contribution in [1.29, 1.82) is 0 Å². The lowest BCUT2D eigenvalue weighted by molar-refractivity contribution is -0.116. The summed E-state index contributed by atoms with van der Waals surface area (Å²) in [5, 5.41) is 3.12. The molecule has 1 amide bonds. The first-order valence-electron chi connectivity index (χ1n) is 11.8. The summed E-state index contributed by atoms with van der Waals surface area (Å²) in [5.74, 6) is 1.67. The number of rotatable bonds is 10. The maximum Gasteiger partial charge on any atom is 0.331 e. The molecule has 0 radical (unpaired) electrons. The van der Waals surface area contributed by atoms with Gasteiger partial charge in [0, 0.05) is 12.6 Å². The Balaban J connectivity index is 1.66. The molecule has 0 aliphatic rings. The second-order valence-electron chi connectivity index (χ2n) is 8.40. The fourth-order valence-electron chi connectivity index (χ4n) is 4.23. The van der Waals surface area contributed by atoms with Crippen LogP contribution in [0.4, 0.5) is 5.69 Å². The Bertz CT molecular complexity index is 1590. The zero-order valence-electron chi connectivity index (χ0n) is 21.6. The second kappa shape index (κ2) is 11.5. The molecule has 0 aliphatic heterocycles. The van der Waals surface area contributed by atoms with Crippen molar-refractivity contribution in [3.8, 4) is 23.0 Å². The van der Waals surface area contributed by atoms with Gasteiger partial charge in [0.2, 0.25) is 5.91 Å². The van der Waals surface area contributed by atoms with Crippen LogP contribution in [0.2, 0.25) is 0 Å². The monoisotopic (exact) mass is 519 g/mol. The maximum atomic E-state index is 13.5. The number of aryl methyl sites for hydroxylation is 1. The van der Waals surface area contributed by atoms with E-state index in [-0.39, 0.29) is 13.1 Å². The van der Waals surface area contributed by atoms with Crippen LogP contribution in [0.3, 0.4) is 0 Å². The molecule has 4 rings (SSSR count). The fourth-order valence-corrected chi connectivity index (χ4v) is 4.23. The van der Waals surface area contributed by atoms with Crippen LogP contribution in [0, 0.1) is 0 Å². The number of para-hydroxylation sites is 1. The number of methoxy groups -OCH3 is 4. The zero-order chi connectivity index (χ0) is 27.2. The van der Waals surface area contributed by atoms with Crippen molar-refractivity contribution in [2.75, 3.05) is 33.8 Å². The third kappa shape index (κ3) is 5.34. The molecular weight excluding hydrogens is 490 g/mol. The number of nitrogens with zero attached hydrogens (tertiary/aromatic N) is 2. The standard InChI is InChI=1S/C28H29N3O7/c1-35-19-10-11-21(24(16-19)37-3)29-26(32)17-31-22-8-6-5-7-20(22)27(33)30(28(31)34)14-13-18-9-12-23(36-2)25(15-18)38-4/h5-12,15-16H,13-14,17H2,1-4H3,(H,29,32). The molecule has 0 saturated carbocycles. The van der Waals surface area contributed by atoms with Crippen molar-refractivity contribution < 1.29 is 23.7 Å². The predicted molar refractivity (Wildman–Crippen MR) is 144 cm³/mol. The van der Waals surface area contributed by atoms with Crippen molar-refractivity contribution in [3.05, 3.63) is 87.1 Å². The Morgan fingerprint density at radius 3 is 2.24 bits per heavy atom. The molecular formula is C28H29N3O7. The quantitative estimate of drug-likeness (QED) is 0.343. The van der Waals surface area contributed by atoms with Crippen LogP contribution in [0.15, 0.2) is 70.3 Å². The number of ether oxygens (including phenoxy) is 4. The van der Waals surface area contributed by atoms with Crippen molar-refractivity contribution in [2.45, 2.75) is 19.5 Å². The summed E-state index contributed by atoms with van der Waals surface area (Å²) in [6.45, 7) is -0.183. The van der Waals surface area contributed by atoms with Gasteiger partial charge < -0.3 is 24.3 Å². The van der Waals surface area contributed by atoms with E-state index in [9.17, 15) is 14.4 Å². The molecule has 0 bridgehead atoms. The Morgan fingerprint density at radius 2 is 1.53 bits per heavy atom. The minimum absolute atomic E-state index is 0.117. The van der Waals surface area contributed by atoms with E-state index in [2.05, 4.69) is 5.32 Å². The van der Waals surface area contributed by atoms with Crippen molar-refractivity contribution >= 4 is 22.5 Å². The van der Waals surface area contributed by atoms with Crippen LogP contribution in [-0.4, -0.2) is 43.5 Å². The molecule has 38 heavy (non-hydrogen) atoms. The van der Waals surface area contributed by atoms with Crippen LogP contribution in [-0.2, 0) is 24.3 Å². The molecule has 10 heteroatoms. The van der Waals surface area contributed by atoms with Crippen molar-refractivity contribution in [1.82, 2.24) is 9.13 Å². The lowest BCUT2D eigenvalue weighted by atomic mass is 10.1. The van der Waals surface area contributed by atoms with Crippen LogP contribution >= 0.6 is 0 Å². The zero-order valence-corrected chi connectivity index (χ0v) is 21.6. The van der Waals surface area contributed by atoms with Gasteiger partial charge in [0.05, 0.1) is 45.0 Å². The number of carbonyl (C=O) groups is 1. The largest absolute Gasteiger partial charge is 0.497 e. The molecule has 1 N–H and O–H groups in total. The summed E-state index contributed by atoms with van der Waals surface area (Å²) in [6, 6.07) is 17.1. The van der Waals surface area contributed by atoms with Gasteiger partial charge in [0.15, 0.2) is 11.5 Å². The van der Waals surface area contributed by atoms with Crippen LogP contribution < -0.4 is 35.5 Å². The van der Waals surface area contributed by atoms with Gasteiger partial charge in [0.1, 0.15) is 18.0 Å². The fraction of sp³-hybridized carbons (Fsp3) is 0.250. The van der Waals surface area contributed by atoms with Crippen molar-refractivity contribution in [2.24, 2.45) is 0 Å². The topological polar surface area (TPSA) is 110 Å². The average molecular weight is 520 g/mol. The highest BCUT2D eigenvalue weighted by molar-refractivity contribution is 5.93. The molecule has 0 atom stereocenters. The molecule has 1 aromatic heterocycles. The number of carbonyl (C=O) groups excluding carboxylic acids is 1. The molecule has 0 fully saturated rings. The van der Waals surface area contributed by atoms with Gasteiger partial charge in [-0.3, -0.25) is 18.7 Å². The van der Waals surface area contributed by atoms with E-state index in [0.29, 0.717) is 46.0 Å². The molecule has 198 valence electrons. The molecule has 4 aromatic rings. The van der Waals surface area contributed by atoms with E-state index in [1.807, 2.05) is 6.07 Å². The summed E-state index contributed by atoms with van der Waals surface area (Å²) in [5.41, 5.74) is 0.669. The minimum atomic E-state index is -0.578. The Hall–Kier alpha value is -4.73. The molecule has 1 heterocycles. The van der Waals surface area contributed by atoms with Crippen LogP contribution in [0.25, 0.3) is 10.9 Å². The SMILES string of the molecule is COc1ccc(NC(=O)Cn2c(=O)n(CCc3ccc(OC)c(OC)c3)c(=O)c3ccccc32)c(OC)c1. The number of amides is 1. The number of nitrogens with one attached hydrogen (secondary N) is 1. The first kappa shape index (κ1) is 26.3. The number of fused-ring (bicyclic) bond motifs is 1. The highest BCUT2D eigenvalue weighted by atomic mass is 16.5. The van der Waals surface area contributed by atoms with E-state index in [4.69, 9.17) is 18.9 Å². The minimum Gasteiger partial charge on any atom is -0.497 e. The van der Waals surface area contributed by atoms with Crippen LogP contribution in [0.1, 0.15) is 5.56 Å². The predicted octanol–water partition coefficient (Wildman–Crippen LogP) is 3.08. The van der Waals surface area contributed by atoms with Gasteiger partial charge in [-0.05, 0) is 48.4 Å². The summed E-state index contributed by atoms with van der Waals surface area (Å²) in [4.78, 5) is 39.8.